The molecular formula is C27H30N6O3. The fourth-order valence-corrected chi connectivity index (χ4v) is 5.61. The lowest BCUT2D eigenvalue weighted by molar-refractivity contribution is -0.133. The summed E-state index contributed by atoms with van der Waals surface area (Å²) >= 11 is 0. The second kappa shape index (κ2) is 8.65. The molecular weight excluding hydrogens is 456 g/mol. The van der Waals surface area contributed by atoms with Gasteiger partial charge in [-0.2, -0.15) is 0 Å². The minimum atomic E-state index is -0.121. The van der Waals surface area contributed by atoms with Gasteiger partial charge in [-0.15, -0.1) is 0 Å². The molecule has 5 heterocycles. The highest BCUT2D eigenvalue weighted by Crippen LogP contribution is 2.45. The maximum atomic E-state index is 12.4. The molecule has 1 fully saturated rings. The third-order valence-electron chi connectivity index (χ3n) is 7.35. The van der Waals surface area contributed by atoms with Gasteiger partial charge in [-0.3, -0.25) is 14.3 Å². The summed E-state index contributed by atoms with van der Waals surface area (Å²) in [5.41, 5.74) is 5.49. The van der Waals surface area contributed by atoms with E-state index in [4.69, 9.17) is 14.2 Å². The van der Waals surface area contributed by atoms with Crippen LogP contribution in [0.3, 0.4) is 0 Å². The van der Waals surface area contributed by atoms with Crippen LogP contribution in [0.25, 0.3) is 22.2 Å². The first kappa shape index (κ1) is 22.6. The van der Waals surface area contributed by atoms with Crippen LogP contribution < -0.4 is 9.64 Å². The number of imidazole rings is 1. The molecule has 186 valence electrons. The van der Waals surface area contributed by atoms with Crippen molar-refractivity contribution in [2.24, 2.45) is 0 Å². The number of hydrogen-bond donors (Lipinski definition) is 0. The van der Waals surface area contributed by atoms with Gasteiger partial charge in [0.25, 0.3) is 0 Å². The predicted octanol–water partition coefficient (Wildman–Crippen LogP) is 4.13. The maximum absolute atomic E-state index is 12.4. The Kier molecular flexibility index (Phi) is 5.43. The Balaban J connectivity index is 1.52. The number of benzene rings is 1. The summed E-state index contributed by atoms with van der Waals surface area (Å²) in [6.07, 6.45) is 2.34. The molecule has 6 rings (SSSR count). The average Bonchev–Trinajstić information content (AvgIpc) is 3.45. The molecule has 3 aromatic heterocycles. The molecule has 9 heteroatoms. The van der Waals surface area contributed by atoms with Crippen molar-refractivity contribution >= 4 is 22.9 Å². The van der Waals surface area contributed by atoms with Gasteiger partial charge in [0, 0.05) is 43.9 Å². The van der Waals surface area contributed by atoms with Crippen molar-refractivity contribution in [1.29, 1.82) is 0 Å². The molecule has 1 amide bonds. The number of pyridine rings is 1. The van der Waals surface area contributed by atoms with Crippen LogP contribution in [0.5, 0.6) is 5.75 Å². The van der Waals surface area contributed by atoms with E-state index in [1.807, 2.05) is 62.2 Å². The zero-order valence-electron chi connectivity index (χ0n) is 21.1. The molecule has 2 atom stereocenters. The molecule has 1 saturated heterocycles. The highest BCUT2D eigenvalue weighted by Gasteiger charge is 2.35. The Hall–Kier alpha value is -3.88. The summed E-state index contributed by atoms with van der Waals surface area (Å²) in [5.74, 6) is 2.63. The van der Waals surface area contributed by atoms with Gasteiger partial charge in [0.1, 0.15) is 23.9 Å². The number of aryl methyl sites for hydroxylation is 2. The second-order valence-electron chi connectivity index (χ2n) is 9.61. The van der Waals surface area contributed by atoms with E-state index in [2.05, 4.69) is 26.5 Å². The van der Waals surface area contributed by atoms with E-state index in [1.54, 1.807) is 0 Å². The van der Waals surface area contributed by atoms with E-state index in [9.17, 15) is 4.79 Å². The lowest BCUT2D eigenvalue weighted by atomic mass is 10.0. The Morgan fingerprint density at radius 2 is 2.03 bits per heavy atom. The van der Waals surface area contributed by atoms with Gasteiger partial charge >= 0.3 is 0 Å². The minimum Gasteiger partial charge on any atom is -0.488 e. The zero-order chi connectivity index (χ0) is 25.0. The standard InChI is InChI=1S/C27H30N6O3/c1-5-23(34)32-13-12-31(14-16(32)2)27-29-21-10-9-19(24-17(3)30-36-18(24)4)26-25(21)33(27)22(15-35-26)20-8-6-7-11-28-20/h6-11,16,22H,5,12-15H2,1-4H3/t16-,22+/m0/s1. The van der Waals surface area contributed by atoms with Crippen LogP contribution in [0.4, 0.5) is 5.95 Å². The number of piperazine rings is 1. The van der Waals surface area contributed by atoms with E-state index < -0.39 is 0 Å². The van der Waals surface area contributed by atoms with Crippen LogP contribution in [-0.2, 0) is 4.79 Å². The summed E-state index contributed by atoms with van der Waals surface area (Å²) in [7, 11) is 0. The molecule has 0 unspecified atom stereocenters. The van der Waals surface area contributed by atoms with Gasteiger partial charge < -0.3 is 19.1 Å². The van der Waals surface area contributed by atoms with Crippen molar-refractivity contribution in [3.05, 3.63) is 53.7 Å². The fraction of sp³-hybridized carbons (Fsp3) is 0.407. The number of aromatic nitrogens is 4. The molecule has 0 spiro atoms. The third-order valence-corrected chi connectivity index (χ3v) is 7.35. The van der Waals surface area contributed by atoms with Crippen molar-refractivity contribution < 1.29 is 14.1 Å². The van der Waals surface area contributed by atoms with Crippen molar-refractivity contribution in [1.82, 2.24) is 24.6 Å². The zero-order valence-corrected chi connectivity index (χ0v) is 21.1. The number of nitrogens with zero attached hydrogens (tertiary/aromatic N) is 6. The fourth-order valence-electron chi connectivity index (χ4n) is 5.61. The number of anilines is 1. The molecule has 36 heavy (non-hydrogen) atoms. The first-order valence-electron chi connectivity index (χ1n) is 12.5. The molecule has 2 aliphatic rings. The largest absolute Gasteiger partial charge is 0.488 e. The predicted molar refractivity (Wildman–Crippen MR) is 136 cm³/mol. The summed E-state index contributed by atoms with van der Waals surface area (Å²) in [6.45, 7) is 10.5. The second-order valence-corrected chi connectivity index (χ2v) is 9.61. The van der Waals surface area contributed by atoms with Gasteiger partial charge in [-0.05, 0) is 45.0 Å². The number of ether oxygens (including phenoxy) is 1. The Morgan fingerprint density at radius 3 is 2.72 bits per heavy atom. The van der Waals surface area contributed by atoms with Crippen LogP contribution >= 0.6 is 0 Å². The van der Waals surface area contributed by atoms with E-state index in [0.717, 1.165) is 64.1 Å². The SMILES string of the molecule is CCC(=O)N1CCN(c2nc3ccc(-c4c(C)noc4C)c4c3n2[C@@H](c2ccccn2)CO4)C[C@@H]1C. The van der Waals surface area contributed by atoms with Crippen molar-refractivity contribution in [3.8, 4) is 16.9 Å². The molecule has 9 nitrogen and oxygen atoms in total. The van der Waals surface area contributed by atoms with Crippen LogP contribution in [0, 0.1) is 13.8 Å². The first-order chi connectivity index (χ1) is 17.5. The highest BCUT2D eigenvalue weighted by atomic mass is 16.5. The topological polar surface area (TPSA) is 89.5 Å². The number of amides is 1. The van der Waals surface area contributed by atoms with Gasteiger partial charge in [0.2, 0.25) is 11.9 Å². The van der Waals surface area contributed by atoms with Crippen molar-refractivity contribution in [2.45, 2.75) is 46.2 Å². The molecule has 0 N–H and O–H groups in total. The van der Waals surface area contributed by atoms with E-state index in [1.165, 1.54) is 0 Å². The van der Waals surface area contributed by atoms with Crippen molar-refractivity contribution in [3.63, 3.8) is 0 Å². The lowest BCUT2D eigenvalue weighted by Crippen LogP contribution is -2.54. The average molecular weight is 487 g/mol. The Morgan fingerprint density at radius 1 is 1.17 bits per heavy atom. The summed E-state index contributed by atoms with van der Waals surface area (Å²) < 4.78 is 14.2. The molecule has 1 aromatic carbocycles. The lowest BCUT2D eigenvalue weighted by Gasteiger charge is -2.41. The van der Waals surface area contributed by atoms with Gasteiger partial charge in [-0.1, -0.05) is 18.1 Å². The summed E-state index contributed by atoms with van der Waals surface area (Å²) in [6, 6.07) is 10.0. The molecule has 2 aliphatic heterocycles. The molecule has 0 saturated carbocycles. The maximum Gasteiger partial charge on any atom is 0.222 e. The summed E-state index contributed by atoms with van der Waals surface area (Å²) in [4.78, 5) is 26.5. The van der Waals surface area contributed by atoms with Crippen LogP contribution in [0.2, 0.25) is 0 Å². The van der Waals surface area contributed by atoms with Crippen molar-refractivity contribution in [2.75, 3.05) is 31.1 Å². The summed E-state index contributed by atoms with van der Waals surface area (Å²) in [5, 5.41) is 4.16. The molecule has 0 aliphatic carbocycles. The molecule has 4 aromatic rings. The van der Waals surface area contributed by atoms with Crippen LogP contribution in [0.1, 0.15) is 43.5 Å². The molecule has 0 radical (unpaired) electrons. The minimum absolute atomic E-state index is 0.101. The number of hydrogen-bond acceptors (Lipinski definition) is 7. The number of rotatable bonds is 4. The van der Waals surface area contributed by atoms with Gasteiger partial charge in [-0.25, -0.2) is 4.98 Å². The normalized spacial score (nSPS) is 19.6. The third kappa shape index (κ3) is 3.44. The van der Waals surface area contributed by atoms with Crippen LogP contribution in [-0.4, -0.2) is 62.8 Å². The monoisotopic (exact) mass is 486 g/mol. The van der Waals surface area contributed by atoms with E-state index in [0.29, 0.717) is 19.6 Å². The highest BCUT2D eigenvalue weighted by molar-refractivity contribution is 5.94. The number of carbonyl (C=O) groups is 1. The smallest absolute Gasteiger partial charge is 0.222 e. The number of carbonyl (C=O) groups excluding carboxylic acids is 1. The Labute approximate surface area is 209 Å². The quantitative estimate of drug-likeness (QED) is 0.428. The Bertz CT molecular complexity index is 1420. The van der Waals surface area contributed by atoms with Gasteiger partial charge in [0.05, 0.1) is 22.5 Å². The van der Waals surface area contributed by atoms with E-state index >= 15 is 0 Å². The van der Waals surface area contributed by atoms with E-state index in [-0.39, 0.29) is 18.0 Å². The van der Waals surface area contributed by atoms with Gasteiger partial charge in [0.15, 0.2) is 5.75 Å². The first-order valence-corrected chi connectivity index (χ1v) is 12.5. The van der Waals surface area contributed by atoms with Crippen LogP contribution in [0.15, 0.2) is 41.1 Å². The molecule has 0 bridgehead atoms.